The second-order valence-corrected chi connectivity index (χ2v) is 3.15. The van der Waals surface area contributed by atoms with Gasteiger partial charge in [0.25, 0.3) is 0 Å². The number of carbonyl (C=O) groups excluding carboxylic acids is 1. The molecule has 2 amide bonds. The minimum atomic E-state index is -0.469. The van der Waals surface area contributed by atoms with E-state index in [9.17, 15) is 4.79 Å². The number of urea groups is 1. The van der Waals surface area contributed by atoms with E-state index in [1.54, 1.807) is 14.0 Å². The molecule has 0 heterocycles. The lowest BCUT2D eigenvalue weighted by Gasteiger charge is -2.10. The molecule has 90 valence electrons. The standard InChI is InChI=1S/C11H19N3O2/c1-6-16-7-10(12-4)8(2)9(3)14-11(15)13-5/h5-7H2,1-4H3,(H,14,15)/b9-8+,12-10-. The van der Waals surface area contributed by atoms with Crippen LogP contribution in [0, 0.1) is 0 Å². The monoisotopic (exact) mass is 225 g/mol. The van der Waals surface area contributed by atoms with Gasteiger partial charge in [-0.2, -0.15) is 0 Å². The van der Waals surface area contributed by atoms with Gasteiger partial charge in [0, 0.05) is 19.4 Å². The van der Waals surface area contributed by atoms with Crippen LogP contribution in [0.3, 0.4) is 0 Å². The average Bonchev–Trinajstić information content (AvgIpc) is 2.29. The van der Waals surface area contributed by atoms with Crippen LogP contribution in [-0.4, -0.2) is 38.7 Å². The highest BCUT2D eigenvalue weighted by atomic mass is 16.5. The summed E-state index contributed by atoms with van der Waals surface area (Å²) in [5.41, 5.74) is 2.40. The molecule has 5 nitrogen and oxygen atoms in total. The van der Waals surface area contributed by atoms with Gasteiger partial charge in [0.1, 0.15) is 0 Å². The molecule has 0 atom stereocenters. The van der Waals surface area contributed by atoms with E-state index >= 15 is 0 Å². The molecule has 0 aliphatic carbocycles. The summed E-state index contributed by atoms with van der Waals surface area (Å²) in [7, 11) is 1.69. The lowest BCUT2D eigenvalue weighted by molar-refractivity contribution is 0.187. The van der Waals surface area contributed by atoms with E-state index in [1.165, 1.54) is 0 Å². The molecule has 1 N–H and O–H groups in total. The van der Waals surface area contributed by atoms with Crippen LogP contribution < -0.4 is 5.32 Å². The summed E-state index contributed by atoms with van der Waals surface area (Å²) in [6, 6.07) is -0.469. The molecule has 0 unspecified atom stereocenters. The number of aliphatic imine (C=N–C) groups is 2. The molecule has 0 fully saturated rings. The van der Waals surface area contributed by atoms with E-state index in [1.807, 2.05) is 13.8 Å². The second kappa shape index (κ2) is 7.76. The zero-order valence-corrected chi connectivity index (χ0v) is 10.3. The van der Waals surface area contributed by atoms with Crippen LogP contribution in [0.15, 0.2) is 21.3 Å². The van der Waals surface area contributed by atoms with E-state index in [-0.39, 0.29) is 0 Å². The SMILES string of the molecule is C=NC(=O)N/C(C)=C(C)/C(COCC)=N\C. The minimum Gasteiger partial charge on any atom is -0.375 e. The van der Waals surface area contributed by atoms with Gasteiger partial charge >= 0.3 is 6.03 Å². The van der Waals surface area contributed by atoms with Crippen molar-refractivity contribution in [1.29, 1.82) is 0 Å². The third-order valence-electron chi connectivity index (χ3n) is 2.15. The van der Waals surface area contributed by atoms with Crippen molar-refractivity contribution in [2.45, 2.75) is 20.8 Å². The first-order valence-corrected chi connectivity index (χ1v) is 5.05. The first kappa shape index (κ1) is 14.5. The Morgan fingerprint density at radius 1 is 1.44 bits per heavy atom. The molecule has 0 aromatic heterocycles. The van der Waals surface area contributed by atoms with E-state index in [2.05, 4.69) is 22.0 Å². The number of amides is 2. The second-order valence-electron chi connectivity index (χ2n) is 3.15. The van der Waals surface area contributed by atoms with Crippen molar-refractivity contribution in [3.05, 3.63) is 11.3 Å². The minimum absolute atomic E-state index is 0.438. The number of allylic oxidation sites excluding steroid dienone is 1. The molecule has 16 heavy (non-hydrogen) atoms. The highest BCUT2D eigenvalue weighted by Crippen LogP contribution is 2.04. The molecule has 0 saturated carbocycles. The number of ether oxygens (including phenoxy) is 1. The first-order valence-electron chi connectivity index (χ1n) is 5.05. The van der Waals surface area contributed by atoms with Gasteiger partial charge in [0.2, 0.25) is 0 Å². The van der Waals surface area contributed by atoms with Crippen LogP contribution in [0.2, 0.25) is 0 Å². The van der Waals surface area contributed by atoms with Crippen LogP contribution in [0.5, 0.6) is 0 Å². The van der Waals surface area contributed by atoms with Crippen LogP contribution in [0.1, 0.15) is 20.8 Å². The lowest BCUT2D eigenvalue weighted by Crippen LogP contribution is -2.21. The molecule has 0 bridgehead atoms. The number of nitrogens with zero attached hydrogens (tertiary/aromatic N) is 2. The fourth-order valence-electron chi connectivity index (χ4n) is 1.05. The third kappa shape index (κ3) is 4.84. The zero-order valence-electron chi connectivity index (χ0n) is 10.3. The van der Waals surface area contributed by atoms with E-state index in [4.69, 9.17) is 4.74 Å². The largest absolute Gasteiger partial charge is 0.375 e. The Hall–Kier alpha value is -1.49. The maximum absolute atomic E-state index is 11.0. The number of hydrogen-bond donors (Lipinski definition) is 1. The van der Waals surface area contributed by atoms with E-state index in [0.29, 0.717) is 18.9 Å². The van der Waals surface area contributed by atoms with Crippen LogP contribution in [-0.2, 0) is 4.74 Å². The first-order chi connectivity index (χ1) is 7.56. The molecule has 0 saturated heterocycles. The molecule has 0 spiro atoms. The molecular formula is C11H19N3O2. The Morgan fingerprint density at radius 3 is 2.50 bits per heavy atom. The maximum atomic E-state index is 11.0. The number of carbonyl (C=O) groups is 1. The van der Waals surface area contributed by atoms with Crippen molar-refractivity contribution in [2.75, 3.05) is 20.3 Å². The van der Waals surface area contributed by atoms with Gasteiger partial charge < -0.3 is 10.1 Å². The lowest BCUT2D eigenvalue weighted by atomic mass is 10.1. The summed E-state index contributed by atoms with van der Waals surface area (Å²) in [6.07, 6.45) is 0. The number of nitrogens with one attached hydrogen (secondary N) is 1. The Labute approximate surface area is 96.3 Å². The molecule has 0 aliphatic rings. The fraction of sp³-hybridized carbons (Fsp3) is 0.545. The Balaban J connectivity index is 4.69. The van der Waals surface area contributed by atoms with Crippen molar-refractivity contribution in [3.8, 4) is 0 Å². The van der Waals surface area contributed by atoms with E-state index < -0.39 is 6.03 Å². The maximum Gasteiger partial charge on any atom is 0.344 e. The average molecular weight is 225 g/mol. The molecular weight excluding hydrogens is 206 g/mol. The molecule has 0 rings (SSSR count). The Bertz CT molecular complexity index is 319. The van der Waals surface area contributed by atoms with Crippen molar-refractivity contribution in [2.24, 2.45) is 9.98 Å². The summed E-state index contributed by atoms with van der Waals surface area (Å²) >= 11 is 0. The number of hydrogen-bond acceptors (Lipinski definition) is 3. The van der Waals surface area contributed by atoms with Crippen molar-refractivity contribution in [1.82, 2.24) is 5.32 Å². The van der Waals surface area contributed by atoms with Crippen molar-refractivity contribution < 1.29 is 9.53 Å². The summed E-state index contributed by atoms with van der Waals surface area (Å²) in [4.78, 5) is 18.4. The number of rotatable bonds is 5. The smallest absolute Gasteiger partial charge is 0.344 e. The molecule has 0 aliphatic heterocycles. The Kier molecular flexibility index (Phi) is 7.03. The quantitative estimate of drug-likeness (QED) is 0.725. The highest BCUT2D eigenvalue weighted by Gasteiger charge is 2.07. The van der Waals surface area contributed by atoms with Crippen molar-refractivity contribution in [3.63, 3.8) is 0 Å². The van der Waals surface area contributed by atoms with Crippen LogP contribution in [0.4, 0.5) is 4.79 Å². The van der Waals surface area contributed by atoms with E-state index in [0.717, 1.165) is 11.3 Å². The Morgan fingerprint density at radius 2 is 2.06 bits per heavy atom. The van der Waals surface area contributed by atoms with Gasteiger partial charge in [0.15, 0.2) is 0 Å². The van der Waals surface area contributed by atoms with Gasteiger partial charge in [-0.15, -0.1) is 0 Å². The molecule has 0 aromatic rings. The predicted molar refractivity (Wildman–Crippen MR) is 66.3 cm³/mol. The molecule has 0 radical (unpaired) electrons. The van der Waals surface area contributed by atoms with Crippen LogP contribution >= 0.6 is 0 Å². The molecule has 5 heteroatoms. The third-order valence-corrected chi connectivity index (χ3v) is 2.15. The van der Waals surface area contributed by atoms with Gasteiger partial charge in [-0.05, 0) is 33.1 Å². The summed E-state index contributed by atoms with van der Waals surface area (Å²) in [6.45, 7) is 9.80. The topological polar surface area (TPSA) is 63.0 Å². The summed E-state index contributed by atoms with van der Waals surface area (Å²) in [5.74, 6) is 0. The molecule has 0 aromatic carbocycles. The highest BCUT2D eigenvalue weighted by molar-refractivity contribution is 6.01. The van der Waals surface area contributed by atoms with Gasteiger partial charge in [0.05, 0.1) is 12.3 Å². The predicted octanol–water partition coefficient (Wildman–Crippen LogP) is 1.80. The van der Waals surface area contributed by atoms with Gasteiger partial charge in [-0.3, -0.25) is 4.99 Å². The van der Waals surface area contributed by atoms with Gasteiger partial charge in [-0.25, -0.2) is 9.79 Å². The summed E-state index contributed by atoms with van der Waals surface area (Å²) in [5, 5.41) is 2.60. The fourth-order valence-corrected chi connectivity index (χ4v) is 1.05. The normalized spacial score (nSPS) is 13.1. The van der Waals surface area contributed by atoms with Crippen LogP contribution in [0.25, 0.3) is 0 Å². The van der Waals surface area contributed by atoms with Gasteiger partial charge in [-0.1, -0.05) is 0 Å². The summed E-state index contributed by atoms with van der Waals surface area (Å²) < 4.78 is 5.28. The van der Waals surface area contributed by atoms with Crippen molar-refractivity contribution >= 4 is 18.5 Å². The zero-order chi connectivity index (χ0) is 12.6.